The number of hydrogen-bond donors (Lipinski definition) is 1. The van der Waals surface area contributed by atoms with Crippen molar-refractivity contribution in [3.05, 3.63) is 59.8 Å². The van der Waals surface area contributed by atoms with E-state index in [4.69, 9.17) is 11.6 Å². The Bertz CT molecular complexity index is 1170. The topological polar surface area (TPSA) is 74.7 Å². The Kier molecular flexibility index (Phi) is 5.84. The van der Waals surface area contributed by atoms with Gasteiger partial charge in [0.15, 0.2) is 0 Å². The van der Waals surface area contributed by atoms with E-state index >= 15 is 0 Å². The van der Waals surface area contributed by atoms with Gasteiger partial charge < -0.3 is 9.47 Å². The molecular weight excluding hydrogens is 424 g/mol. The van der Waals surface area contributed by atoms with Crippen LogP contribution in [-0.2, 0) is 21.2 Å². The summed E-state index contributed by atoms with van der Waals surface area (Å²) in [6.07, 6.45) is 1.54. The van der Waals surface area contributed by atoms with Gasteiger partial charge in [0, 0.05) is 48.3 Å². The molecule has 1 aromatic heterocycles. The number of carbonyl (C=O) groups is 1. The molecule has 0 saturated carbocycles. The first-order valence-electron chi connectivity index (χ1n) is 9.66. The number of piperazine rings is 1. The summed E-state index contributed by atoms with van der Waals surface area (Å²) in [5, 5.41) is 2.95. The molecule has 1 amide bonds. The van der Waals surface area contributed by atoms with E-state index in [2.05, 4.69) is 10.3 Å². The van der Waals surface area contributed by atoms with E-state index in [0.717, 1.165) is 26.2 Å². The number of hydrazine groups is 1. The van der Waals surface area contributed by atoms with Crippen LogP contribution in [0, 0.1) is 0 Å². The molecule has 158 valence electrons. The van der Waals surface area contributed by atoms with Crippen LogP contribution in [0.2, 0.25) is 5.02 Å². The molecule has 1 aliphatic heterocycles. The van der Waals surface area contributed by atoms with Gasteiger partial charge in [-0.2, -0.15) is 0 Å². The van der Waals surface area contributed by atoms with Gasteiger partial charge in [-0.15, -0.1) is 0 Å². The Morgan fingerprint density at radius 2 is 1.70 bits per heavy atom. The SMILES string of the molecule is CN1CCN(NC(=O)Cn2cc(S(=O)(=O)c3ccc(Cl)cc3)c3ccccc32)CC1. The third-order valence-corrected chi connectivity index (χ3v) is 7.31. The van der Waals surface area contributed by atoms with Gasteiger partial charge in [0.25, 0.3) is 5.91 Å². The van der Waals surface area contributed by atoms with Crippen LogP contribution < -0.4 is 5.43 Å². The van der Waals surface area contributed by atoms with Gasteiger partial charge in [-0.3, -0.25) is 10.2 Å². The van der Waals surface area contributed by atoms with Gasteiger partial charge in [0.05, 0.1) is 9.79 Å². The Hall–Kier alpha value is -2.39. The van der Waals surface area contributed by atoms with E-state index in [9.17, 15) is 13.2 Å². The largest absolute Gasteiger partial charge is 0.337 e. The van der Waals surface area contributed by atoms with Gasteiger partial charge >= 0.3 is 0 Å². The summed E-state index contributed by atoms with van der Waals surface area (Å²) in [5.41, 5.74) is 3.61. The van der Waals surface area contributed by atoms with E-state index in [1.807, 2.05) is 24.2 Å². The van der Waals surface area contributed by atoms with Crippen molar-refractivity contribution < 1.29 is 13.2 Å². The highest BCUT2D eigenvalue weighted by Crippen LogP contribution is 2.30. The first-order chi connectivity index (χ1) is 14.3. The van der Waals surface area contributed by atoms with Crippen molar-refractivity contribution in [1.29, 1.82) is 0 Å². The zero-order valence-corrected chi connectivity index (χ0v) is 18.2. The number of carbonyl (C=O) groups excluding carboxylic acids is 1. The summed E-state index contributed by atoms with van der Waals surface area (Å²) in [6, 6.07) is 13.3. The van der Waals surface area contributed by atoms with Crippen LogP contribution in [0.25, 0.3) is 10.9 Å². The van der Waals surface area contributed by atoms with E-state index in [-0.39, 0.29) is 22.2 Å². The molecule has 0 spiro atoms. The molecule has 3 aromatic rings. The molecule has 2 heterocycles. The number of aromatic nitrogens is 1. The number of halogens is 1. The van der Waals surface area contributed by atoms with Crippen LogP contribution >= 0.6 is 11.6 Å². The van der Waals surface area contributed by atoms with Crippen molar-refractivity contribution in [2.24, 2.45) is 0 Å². The smallest absolute Gasteiger partial charge is 0.254 e. The molecule has 2 aromatic carbocycles. The Morgan fingerprint density at radius 1 is 1.03 bits per heavy atom. The Morgan fingerprint density at radius 3 is 2.40 bits per heavy atom. The maximum absolute atomic E-state index is 13.2. The minimum Gasteiger partial charge on any atom is -0.337 e. The van der Waals surface area contributed by atoms with Crippen LogP contribution in [0.3, 0.4) is 0 Å². The van der Waals surface area contributed by atoms with Crippen molar-refractivity contribution in [3.8, 4) is 0 Å². The predicted octanol–water partition coefficient (Wildman–Crippen LogP) is 2.41. The number of benzene rings is 2. The molecule has 7 nitrogen and oxygen atoms in total. The lowest BCUT2D eigenvalue weighted by atomic mass is 10.2. The average Bonchev–Trinajstić information content (AvgIpc) is 3.09. The summed E-state index contributed by atoms with van der Waals surface area (Å²) in [5.74, 6) is -0.184. The lowest BCUT2D eigenvalue weighted by molar-refractivity contribution is -0.127. The summed E-state index contributed by atoms with van der Waals surface area (Å²) in [7, 11) is -1.71. The molecule has 1 saturated heterocycles. The van der Waals surface area contributed by atoms with Gasteiger partial charge in [0.1, 0.15) is 6.54 Å². The second-order valence-corrected chi connectivity index (χ2v) is 9.78. The van der Waals surface area contributed by atoms with Crippen molar-refractivity contribution >= 4 is 38.2 Å². The number of fused-ring (bicyclic) bond motifs is 1. The Balaban J connectivity index is 1.62. The number of amides is 1. The second kappa shape index (κ2) is 8.39. The van der Waals surface area contributed by atoms with Crippen molar-refractivity contribution in [2.75, 3.05) is 33.2 Å². The number of hydrogen-bond acceptors (Lipinski definition) is 5. The minimum absolute atomic E-state index is 0.0307. The molecular formula is C21H23ClN4O3S. The van der Waals surface area contributed by atoms with Gasteiger partial charge in [-0.1, -0.05) is 29.8 Å². The molecule has 1 N–H and O–H groups in total. The quantitative estimate of drug-likeness (QED) is 0.651. The first kappa shape index (κ1) is 20.9. The van der Waals surface area contributed by atoms with E-state index in [1.54, 1.807) is 28.8 Å². The number of rotatable bonds is 5. The monoisotopic (exact) mass is 446 g/mol. The highest BCUT2D eigenvalue weighted by atomic mass is 35.5. The zero-order valence-electron chi connectivity index (χ0n) is 16.6. The maximum Gasteiger partial charge on any atom is 0.254 e. The van der Waals surface area contributed by atoms with Crippen molar-refractivity contribution in [3.63, 3.8) is 0 Å². The predicted molar refractivity (Wildman–Crippen MR) is 116 cm³/mol. The number of nitrogens with one attached hydrogen (secondary N) is 1. The standard InChI is InChI=1S/C21H23ClN4O3S/c1-24-10-12-26(13-11-24)23-21(27)15-25-14-20(18-4-2-3-5-19(18)25)30(28,29)17-8-6-16(22)7-9-17/h2-9,14H,10-13,15H2,1H3,(H,23,27). The van der Waals surface area contributed by atoms with Crippen LogP contribution in [0.4, 0.5) is 0 Å². The fraction of sp³-hybridized carbons (Fsp3) is 0.286. The van der Waals surface area contributed by atoms with Gasteiger partial charge in [-0.25, -0.2) is 13.4 Å². The molecule has 1 fully saturated rings. The fourth-order valence-electron chi connectivity index (χ4n) is 3.58. The van der Waals surface area contributed by atoms with Crippen LogP contribution in [0.5, 0.6) is 0 Å². The van der Waals surface area contributed by atoms with E-state index < -0.39 is 9.84 Å². The molecule has 0 aliphatic carbocycles. The summed E-state index contributed by atoms with van der Waals surface area (Å²) >= 11 is 5.90. The van der Waals surface area contributed by atoms with Crippen molar-refractivity contribution in [1.82, 2.24) is 19.9 Å². The molecule has 0 bridgehead atoms. The first-order valence-corrected chi connectivity index (χ1v) is 11.5. The summed E-state index contributed by atoms with van der Waals surface area (Å²) < 4.78 is 28.2. The summed E-state index contributed by atoms with van der Waals surface area (Å²) in [4.78, 5) is 15.2. The average molecular weight is 447 g/mol. The molecule has 0 unspecified atom stereocenters. The number of nitrogens with zero attached hydrogens (tertiary/aromatic N) is 3. The zero-order chi connectivity index (χ0) is 21.3. The highest BCUT2D eigenvalue weighted by molar-refractivity contribution is 7.91. The summed E-state index contributed by atoms with van der Waals surface area (Å²) in [6.45, 7) is 3.31. The molecule has 9 heteroatoms. The molecule has 0 atom stereocenters. The fourth-order valence-corrected chi connectivity index (χ4v) is 5.19. The molecule has 1 aliphatic rings. The van der Waals surface area contributed by atoms with E-state index in [0.29, 0.717) is 15.9 Å². The number of para-hydroxylation sites is 1. The highest BCUT2D eigenvalue weighted by Gasteiger charge is 2.24. The third-order valence-electron chi connectivity index (χ3n) is 5.27. The van der Waals surface area contributed by atoms with Crippen LogP contribution in [0.1, 0.15) is 0 Å². The second-order valence-electron chi connectivity index (χ2n) is 7.42. The van der Waals surface area contributed by atoms with Gasteiger partial charge in [0.2, 0.25) is 9.84 Å². The lowest BCUT2D eigenvalue weighted by Crippen LogP contribution is -2.53. The molecule has 30 heavy (non-hydrogen) atoms. The van der Waals surface area contributed by atoms with E-state index in [1.165, 1.54) is 18.3 Å². The molecule has 0 radical (unpaired) electrons. The molecule has 4 rings (SSSR count). The van der Waals surface area contributed by atoms with Crippen LogP contribution in [-0.4, -0.2) is 62.0 Å². The normalized spacial score (nSPS) is 16.1. The third kappa shape index (κ3) is 4.22. The lowest BCUT2D eigenvalue weighted by Gasteiger charge is -2.32. The van der Waals surface area contributed by atoms with Crippen LogP contribution in [0.15, 0.2) is 64.5 Å². The maximum atomic E-state index is 13.2. The minimum atomic E-state index is -3.76. The Labute approximate surface area is 180 Å². The number of likely N-dealkylation sites (N-methyl/N-ethyl adjacent to an activating group) is 1. The van der Waals surface area contributed by atoms with Crippen molar-refractivity contribution in [2.45, 2.75) is 16.3 Å². The van der Waals surface area contributed by atoms with Gasteiger partial charge in [-0.05, 0) is 37.4 Å². The number of sulfone groups is 1.